The van der Waals surface area contributed by atoms with E-state index in [0.29, 0.717) is 5.92 Å². The molecule has 3 fully saturated rings. The molecule has 2 saturated carbocycles. The minimum absolute atomic E-state index is 0.0838. The van der Waals surface area contributed by atoms with Crippen LogP contribution in [0.1, 0.15) is 66.7 Å². The molecule has 2 aliphatic carbocycles. The van der Waals surface area contributed by atoms with Crippen LogP contribution in [0.4, 0.5) is 0 Å². The molecular formula is C24H36O6. The fourth-order valence-electron chi connectivity index (χ4n) is 6.53. The van der Waals surface area contributed by atoms with E-state index in [4.69, 9.17) is 14.2 Å². The van der Waals surface area contributed by atoms with Gasteiger partial charge in [0.15, 0.2) is 0 Å². The van der Waals surface area contributed by atoms with Gasteiger partial charge in [-0.1, -0.05) is 32.9 Å². The second kappa shape index (κ2) is 8.35. The Morgan fingerprint density at radius 1 is 1.17 bits per heavy atom. The molecule has 168 valence electrons. The molecule has 1 aliphatic heterocycles. The van der Waals surface area contributed by atoms with Crippen LogP contribution in [-0.2, 0) is 28.6 Å². The molecule has 0 radical (unpaired) electrons. The van der Waals surface area contributed by atoms with Gasteiger partial charge in [-0.2, -0.15) is 0 Å². The fourth-order valence-corrected chi connectivity index (χ4v) is 6.53. The molecule has 6 nitrogen and oxygen atoms in total. The van der Waals surface area contributed by atoms with Gasteiger partial charge in [0, 0.05) is 31.1 Å². The summed E-state index contributed by atoms with van der Waals surface area (Å²) in [6.07, 6.45) is 3.84. The summed E-state index contributed by atoms with van der Waals surface area (Å²) < 4.78 is 16.8. The number of hydrogen-bond acceptors (Lipinski definition) is 6. The van der Waals surface area contributed by atoms with E-state index in [9.17, 15) is 14.4 Å². The minimum atomic E-state index is -0.444. The number of hydrogen-bond donors (Lipinski definition) is 0. The maximum atomic E-state index is 12.1. The van der Waals surface area contributed by atoms with Crippen molar-refractivity contribution in [3.63, 3.8) is 0 Å². The Balaban J connectivity index is 2.04. The molecule has 0 aromatic rings. The maximum absolute atomic E-state index is 12.1. The third kappa shape index (κ3) is 4.15. The van der Waals surface area contributed by atoms with Crippen molar-refractivity contribution in [2.75, 3.05) is 13.2 Å². The highest BCUT2D eigenvalue weighted by molar-refractivity contribution is 5.71. The van der Waals surface area contributed by atoms with Gasteiger partial charge < -0.3 is 14.2 Å². The van der Waals surface area contributed by atoms with E-state index in [2.05, 4.69) is 27.4 Å². The fraction of sp³-hybridized carbons (Fsp3) is 0.792. The lowest BCUT2D eigenvalue weighted by Crippen LogP contribution is -2.51. The quantitative estimate of drug-likeness (QED) is 0.388. The summed E-state index contributed by atoms with van der Waals surface area (Å²) in [6, 6.07) is 0. The molecule has 3 rings (SSSR count). The Kier molecular flexibility index (Phi) is 6.35. The molecule has 6 unspecified atom stereocenters. The lowest BCUT2D eigenvalue weighted by molar-refractivity contribution is -0.175. The largest absolute Gasteiger partial charge is 0.466 e. The van der Waals surface area contributed by atoms with Gasteiger partial charge in [-0.25, -0.2) is 0 Å². The van der Waals surface area contributed by atoms with Gasteiger partial charge in [-0.3, -0.25) is 14.4 Å². The molecule has 1 saturated heterocycles. The standard InChI is InChI=1S/C24H36O6/c1-14-8-7-9-23(4,5)18-11-20(30-16(3)26)24(6,22(14)18)19-13-29-21(27)10-17(19)12-28-15(2)25/h17-20,22H,1,7-13H2,2-6H3. The van der Waals surface area contributed by atoms with Crippen LogP contribution in [0.3, 0.4) is 0 Å². The third-order valence-corrected chi connectivity index (χ3v) is 8.03. The molecule has 0 spiro atoms. The van der Waals surface area contributed by atoms with E-state index in [1.165, 1.54) is 19.4 Å². The molecule has 6 atom stereocenters. The molecule has 0 bridgehead atoms. The number of cyclic esters (lactones) is 1. The summed E-state index contributed by atoms with van der Waals surface area (Å²) in [5.74, 6) is -0.703. The van der Waals surface area contributed by atoms with Gasteiger partial charge in [0.1, 0.15) is 6.10 Å². The average Bonchev–Trinajstić information content (AvgIpc) is 2.87. The van der Waals surface area contributed by atoms with E-state index in [0.717, 1.165) is 25.7 Å². The second-order valence-corrected chi connectivity index (χ2v) is 10.3. The summed E-state index contributed by atoms with van der Waals surface area (Å²) in [4.78, 5) is 35.6. The van der Waals surface area contributed by atoms with Gasteiger partial charge in [0.2, 0.25) is 0 Å². The Bertz CT molecular complexity index is 725. The first-order valence-corrected chi connectivity index (χ1v) is 11.1. The summed E-state index contributed by atoms with van der Waals surface area (Å²) in [5.41, 5.74) is 0.850. The minimum Gasteiger partial charge on any atom is -0.466 e. The number of ether oxygens (including phenoxy) is 3. The average molecular weight is 421 g/mol. The van der Waals surface area contributed by atoms with Crippen molar-refractivity contribution in [2.24, 2.45) is 34.5 Å². The predicted octanol–water partition coefficient (Wildman–Crippen LogP) is 4.07. The molecule has 0 amide bonds. The highest BCUT2D eigenvalue weighted by Crippen LogP contribution is 2.64. The molecule has 1 heterocycles. The van der Waals surface area contributed by atoms with Crippen LogP contribution in [-0.4, -0.2) is 37.2 Å². The summed E-state index contributed by atoms with van der Waals surface area (Å²) in [5, 5.41) is 0. The lowest BCUT2D eigenvalue weighted by atomic mass is 9.58. The molecule has 6 heteroatoms. The van der Waals surface area contributed by atoms with Crippen molar-refractivity contribution < 1.29 is 28.6 Å². The van der Waals surface area contributed by atoms with E-state index >= 15 is 0 Å². The monoisotopic (exact) mass is 420 g/mol. The molecule has 30 heavy (non-hydrogen) atoms. The van der Waals surface area contributed by atoms with Crippen molar-refractivity contribution >= 4 is 17.9 Å². The molecule has 3 aliphatic rings. The van der Waals surface area contributed by atoms with Gasteiger partial charge in [0.25, 0.3) is 0 Å². The van der Waals surface area contributed by atoms with Crippen LogP contribution in [0.5, 0.6) is 0 Å². The number of carbonyl (C=O) groups is 3. The zero-order valence-corrected chi connectivity index (χ0v) is 19.0. The van der Waals surface area contributed by atoms with Crippen LogP contribution in [0, 0.1) is 34.5 Å². The van der Waals surface area contributed by atoms with Gasteiger partial charge in [0.05, 0.1) is 19.6 Å². The highest BCUT2D eigenvalue weighted by Gasteiger charge is 2.63. The Morgan fingerprint density at radius 2 is 1.87 bits per heavy atom. The number of carbonyl (C=O) groups excluding carboxylic acids is 3. The summed E-state index contributed by atoms with van der Waals surface area (Å²) in [6.45, 7) is 14.5. The SMILES string of the molecule is C=C1CCCC(C)(C)C2CC(OC(C)=O)C(C)(C3COC(=O)CC3COC(C)=O)C12. The van der Waals surface area contributed by atoms with Crippen molar-refractivity contribution in [2.45, 2.75) is 72.8 Å². The molecular weight excluding hydrogens is 384 g/mol. The smallest absolute Gasteiger partial charge is 0.306 e. The van der Waals surface area contributed by atoms with Crippen LogP contribution in [0.25, 0.3) is 0 Å². The summed E-state index contributed by atoms with van der Waals surface area (Å²) >= 11 is 0. The van der Waals surface area contributed by atoms with Crippen LogP contribution < -0.4 is 0 Å². The van der Waals surface area contributed by atoms with Crippen LogP contribution in [0.15, 0.2) is 12.2 Å². The van der Waals surface area contributed by atoms with E-state index in [1.807, 2.05) is 0 Å². The number of esters is 3. The Morgan fingerprint density at radius 3 is 2.50 bits per heavy atom. The first kappa shape index (κ1) is 22.8. The lowest BCUT2D eigenvalue weighted by Gasteiger charge is -2.48. The van der Waals surface area contributed by atoms with Crippen molar-refractivity contribution in [3.8, 4) is 0 Å². The van der Waals surface area contributed by atoms with Crippen molar-refractivity contribution in [3.05, 3.63) is 12.2 Å². The molecule has 0 aromatic heterocycles. The normalized spacial score (nSPS) is 38.2. The van der Waals surface area contributed by atoms with Crippen molar-refractivity contribution in [1.82, 2.24) is 0 Å². The number of allylic oxidation sites excluding steroid dienone is 1. The van der Waals surface area contributed by atoms with Crippen molar-refractivity contribution in [1.29, 1.82) is 0 Å². The Hall–Kier alpha value is -1.85. The first-order chi connectivity index (χ1) is 14.0. The number of fused-ring (bicyclic) bond motifs is 1. The second-order valence-electron chi connectivity index (χ2n) is 10.3. The zero-order valence-electron chi connectivity index (χ0n) is 19.0. The highest BCUT2D eigenvalue weighted by atomic mass is 16.6. The third-order valence-electron chi connectivity index (χ3n) is 8.03. The van der Waals surface area contributed by atoms with E-state index < -0.39 is 5.41 Å². The molecule has 0 aromatic carbocycles. The zero-order chi connectivity index (χ0) is 22.3. The van der Waals surface area contributed by atoms with Crippen LogP contribution >= 0.6 is 0 Å². The maximum Gasteiger partial charge on any atom is 0.306 e. The molecule has 0 N–H and O–H groups in total. The van der Waals surface area contributed by atoms with Gasteiger partial charge in [-0.15, -0.1) is 0 Å². The topological polar surface area (TPSA) is 78.9 Å². The first-order valence-electron chi connectivity index (χ1n) is 11.1. The van der Waals surface area contributed by atoms with E-state index in [-0.39, 0.29) is 66.8 Å². The van der Waals surface area contributed by atoms with E-state index in [1.54, 1.807) is 0 Å². The van der Waals surface area contributed by atoms with Gasteiger partial charge in [-0.05, 0) is 42.9 Å². The van der Waals surface area contributed by atoms with Crippen LogP contribution in [0.2, 0.25) is 0 Å². The predicted molar refractivity (Wildman–Crippen MR) is 111 cm³/mol. The van der Waals surface area contributed by atoms with Gasteiger partial charge >= 0.3 is 17.9 Å². The Labute approximate surface area is 179 Å². The number of rotatable bonds is 4. The summed E-state index contributed by atoms with van der Waals surface area (Å²) in [7, 11) is 0.